The number of esters is 1. The van der Waals surface area contributed by atoms with E-state index in [9.17, 15) is 19.2 Å². The number of imide groups is 1. The number of rotatable bonds is 5. The summed E-state index contributed by atoms with van der Waals surface area (Å²) in [7, 11) is 1.49. The highest BCUT2D eigenvalue weighted by Crippen LogP contribution is 2.14. The van der Waals surface area contributed by atoms with Crippen molar-refractivity contribution in [3.8, 4) is 0 Å². The lowest BCUT2D eigenvalue weighted by molar-refractivity contribution is -0.153. The maximum Gasteiger partial charge on any atom is 0.325 e. The molecule has 9 heteroatoms. The van der Waals surface area contributed by atoms with Crippen LogP contribution < -0.4 is 16.2 Å². The van der Waals surface area contributed by atoms with Crippen molar-refractivity contribution in [2.75, 3.05) is 5.32 Å². The van der Waals surface area contributed by atoms with E-state index in [-0.39, 0.29) is 12.0 Å². The van der Waals surface area contributed by atoms with Gasteiger partial charge in [-0.1, -0.05) is 36.4 Å². The summed E-state index contributed by atoms with van der Waals surface area (Å²) in [4.78, 5) is 48.5. The summed E-state index contributed by atoms with van der Waals surface area (Å²) in [5.41, 5.74) is 0.590. The predicted octanol–water partition coefficient (Wildman–Crippen LogP) is 1.76. The van der Waals surface area contributed by atoms with E-state index in [1.807, 2.05) is 0 Å². The molecule has 1 heterocycles. The summed E-state index contributed by atoms with van der Waals surface area (Å²) in [6.07, 6.45) is -1.43. The fourth-order valence-electron chi connectivity index (χ4n) is 2.83. The largest absolute Gasteiger partial charge is 0.452 e. The summed E-state index contributed by atoms with van der Waals surface area (Å²) in [6, 6.07) is 14.6. The Bertz CT molecular complexity index is 1160. The minimum absolute atomic E-state index is 0.234. The van der Waals surface area contributed by atoms with E-state index in [1.165, 1.54) is 14.0 Å². The average Bonchev–Trinajstić information content (AvgIpc) is 2.72. The van der Waals surface area contributed by atoms with Crippen LogP contribution in [0.25, 0.3) is 10.8 Å². The molecule has 0 aliphatic carbocycles. The molecule has 0 spiro atoms. The smallest absolute Gasteiger partial charge is 0.325 e. The third-order valence-electron chi connectivity index (χ3n) is 4.29. The third-order valence-corrected chi connectivity index (χ3v) is 4.29. The first-order chi connectivity index (χ1) is 14.3. The van der Waals surface area contributed by atoms with Crippen molar-refractivity contribution < 1.29 is 19.1 Å². The Labute approximate surface area is 171 Å². The lowest BCUT2D eigenvalue weighted by Crippen LogP contribution is -2.41. The summed E-state index contributed by atoms with van der Waals surface area (Å²) < 4.78 is 6.28. The molecule has 2 N–H and O–H groups in total. The molecule has 0 aliphatic heterocycles. The van der Waals surface area contributed by atoms with Crippen molar-refractivity contribution in [2.24, 2.45) is 7.05 Å². The molecule has 3 rings (SSSR count). The Morgan fingerprint density at radius 3 is 2.37 bits per heavy atom. The van der Waals surface area contributed by atoms with Crippen LogP contribution in [0.2, 0.25) is 0 Å². The minimum atomic E-state index is -1.20. The number of benzene rings is 2. The number of ether oxygens (including phenoxy) is 1. The molecule has 0 radical (unpaired) electrons. The summed E-state index contributed by atoms with van der Waals surface area (Å²) in [6.45, 7) is 1.36. The van der Waals surface area contributed by atoms with Gasteiger partial charge < -0.3 is 10.1 Å². The monoisotopic (exact) mass is 408 g/mol. The van der Waals surface area contributed by atoms with Crippen molar-refractivity contribution in [3.63, 3.8) is 0 Å². The van der Waals surface area contributed by atoms with E-state index in [1.54, 1.807) is 54.6 Å². The number of urea groups is 1. The second kappa shape index (κ2) is 8.99. The van der Waals surface area contributed by atoms with Gasteiger partial charge in [0.05, 0.1) is 17.5 Å². The quantitative estimate of drug-likeness (QED) is 0.621. The molecular formula is C21H20N4O5. The van der Waals surface area contributed by atoms with Gasteiger partial charge in [-0.25, -0.2) is 9.48 Å². The maximum absolute atomic E-state index is 12.3. The number of anilines is 1. The summed E-state index contributed by atoms with van der Waals surface area (Å²) in [5, 5.41) is 9.71. The van der Waals surface area contributed by atoms with E-state index in [0.29, 0.717) is 22.2 Å². The van der Waals surface area contributed by atoms with Crippen LogP contribution in [0, 0.1) is 0 Å². The molecule has 0 bridgehead atoms. The first-order valence-electron chi connectivity index (χ1n) is 9.16. The van der Waals surface area contributed by atoms with E-state index >= 15 is 0 Å². The molecule has 154 valence electrons. The van der Waals surface area contributed by atoms with Crippen molar-refractivity contribution in [1.82, 2.24) is 15.1 Å². The van der Waals surface area contributed by atoms with E-state index in [4.69, 9.17) is 4.74 Å². The Morgan fingerprint density at radius 1 is 1.03 bits per heavy atom. The lowest BCUT2D eigenvalue weighted by Gasteiger charge is -2.14. The number of carbonyl (C=O) groups is 3. The topological polar surface area (TPSA) is 119 Å². The van der Waals surface area contributed by atoms with Crippen LogP contribution in [0.1, 0.15) is 12.6 Å². The van der Waals surface area contributed by atoms with Crippen LogP contribution in [0.3, 0.4) is 0 Å². The van der Waals surface area contributed by atoms with Gasteiger partial charge in [0.1, 0.15) is 0 Å². The van der Waals surface area contributed by atoms with E-state index in [0.717, 1.165) is 4.68 Å². The molecular weight excluding hydrogens is 388 g/mol. The molecule has 1 aromatic heterocycles. The number of aromatic nitrogens is 2. The minimum Gasteiger partial charge on any atom is -0.452 e. The third kappa shape index (κ3) is 4.88. The first kappa shape index (κ1) is 20.7. The van der Waals surface area contributed by atoms with Gasteiger partial charge in [0.2, 0.25) is 0 Å². The van der Waals surface area contributed by atoms with Crippen molar-refractivity contribution in [3.05, 3.63) is 70.6 Å². The molecule has 3 aromatic rings. The molecule has 30 heavy (non-hydrogen) atoms. The SMILES string of the molecule is CC(OC(=O)Cc1nn(C)c(=O)c2ccccc12)C(=O)NC(=O)Nc1ccccc1. The predicted molar refractivity (Wildman–Crippen MR) is 110 cm³/mol. The zero-order valence-corrected chi connectivity index (χ0v) is 16.4. The normalized spacial score (nSPS) is 11.5. The highest BCUT2D eigenvalue weighted by Gasteiger charge is 2.21. The van der Waals surface area contributed by atoms with Gasteiger partial charge >= 0.3 is 12.0 Å². The standard InChI is InChI=1S/C21H20N4O5/c1-13(19(27)23-21(29)22-14-8-4-3-5-9-14)30-18(26)12-17-15-10-6-7-11-16(15)20(28)25(2)24-17/h3-11,13H,12H2,1-2H3,(H2,22,23,27,29). The van der Waals surface area contributed by atoms with E-state index in [2.05, 4.69) is 15.7 Å². The van der Waals surface area contributed by atoms with Gasteiger partial charge in [0.25, 0.3) is 11.5 Å². The number of hydrogen-bond donors (Lipinski definition) is 2. The molecule has 0 aliphatic rings. The number of carbonyl (C=O) groups excluding carboxylic acids is 3. The van der Waals surface area contributed by atoms with Gasteiger partial charge in [-0.15, -0.1) is 0 Å². The molecule has 0 saturated heterocycles. The van der Waals surface area contributed by atoms with Gasteiger partial charge in [-0.2, -0.15) is 5.10 Å². The zero-order valence-electron chi connectivity index (χ0n) is 16.4. The number of amides is 3. The Hall–Kier alpha value is -4.01. The van der Waals surface area contributed by atoms with Crippen molar-refractivity contribution in [2.45, 2.75) is 19.4 Å². The fraction of sp³-hybridized carbons (Fsp3) is 0.190. The lowest BCUT2D eigenvalue weighted by atomic mass is 10.1. The van der Waals surface area contributed by atoms with Crippen LogP contribution in [0.15, 0.2) is 59.4 Å². The first-order valence-corrected chi connectivity index (χ1v) is 9.16. The number of fused-ring (bicyclic) bond motifs is 1. The Kier molecular flexibility index (Phi) is 6.21. The maximum atomic E-state index is 12.3. The number of hydrogen-bond acceptors (Lipinski definition) is 6. The molecule has 1 unspecified atom stereocenters. The number of para-hydroxylation sites is 1. The second-order valence-corrected chi connectivity index (χ2v) is 6.54. The van der Waals surface area contributed by atoms with Crippen molar-refractivity contribution in [1.29, 1.82) is 0 Å². The number of aryl methyl sites for hydroxylation is 1. The number of nitrogens with zero attached hydrogens (tertiary/aromatic N) is 2. The van der Waals surface area contributed by atoms with E-state index < -0.39 is 24.0 Å². The van der Waals surface area contributed by atoms with Gasteiger partial charge in [-0.05, 0) is 25.1 Å². The molecule has 0 saturated carbocycles. The molecule has 2 aromatic carbocycles. The molecule has 0 fully saturated rings. The fourth-order valence-corrected chi connectivity index (χ4v) is 2.83. The second-order valence-electron chi connectivity index (χ2n) is 6.54. The molecule has 9 nitrogen and oxygen atoms in total. The Morgan fingerprint density at radius 2 is 1.67 bits per heavy atom. The summed E-state index contributed by atoms with van der Waals surface area (Å²) in [5.74, 6) is -1.48. The van der Waals surface area contributed by atoms with Gasteiger partial charge in [0, 0.05) is 18.1 Å². The summed E-state index contributed by atoms with van der Waals surface area (Å²) >= 11 is 0. The van der Waals surface area contributed by atoms with Crippen LogP contribution >= 0.6 is 0 Å². The van der Waals surface area contributed by atoms with Crippen LogP contribution in [-0.4, -0.2) is 33.8 Å². The van der Waals surface area contributed by atoms with Gasteiger partial charge in [-0.3, -0.25) is 19.7 Å². The number of nitrogens with one attached hydrogen (secondary N) is 2. The van der Waals surface area contributed by atoms with Crippen LogP contribution in [0.4, 0.5) is 10.5 Å². The Balaban J connectivity index is 1.61. The van der Waals surface area contributed by atoms with Crippen LogP contribution in [0.5, 0.6) is 0 Å². The van der Waals surface area contributed by atoms with Crippen molar-refractivity contribution >= 4 is 34.4 Å². The van der Waals surface area contributed by atoms with Gasteiger partial charge in [0.15, 0.2) is 6.10 Å². The average molecular weight is 408 g/mol. The highest BCUT2D eigenvalue weighted by molar-refractivity contribution is 6.03. The molecule has 3 amide bonds. The highest BCUT2D eigenvalue weighted by atomic mass is 16.5. The zero-order chi connectivity index (χ0) is 21.7. The molecule has 1 atom stereocenters. The van der Waals surface area contributed by atoms with Crippen LogP contribution in [-0.2, 0) is 27.8 Å².